The number of nitrogens with zero attached hydrogens (tertiary/aromatic N) is 2. The van der Waals surface area contributed by atoms with Gasteiger partial charge < -0.3 is 0 Å². The lowest BCUT2D eigenvalue weighted by Crippen LogP contribution is -2.15. The standard InChI is InChI=1S/C13H12ClN3O2S/c1-7(18)10-5-4-9(6-11(10)14)20-13-16-15-12(19)17(13)8-2-3-8/h4-6,8H,2-3H2,1H3,(H,15,19). The molecular formula is C13H12ClN3O2S. The van der Waals surface area contributed by atoms with Crippen LogP contribution in [0.5, 0.6) is 0 Å². The van der Waals surface area contributed by atoms with Crippen LogP contribution in [0.2, 0.25) is 5.02 Å². The topological polar surface area (TPSA) is 67.8 Å². The van der Waals surface area contributed by atoms with E-state index >= 15 is 0 Å². The van der Waals surface area contributed by atoms with Gasteiger partial charge in [0.1, 0.15) is 0 Å². The molecule has 2 aromatic rings. The molecule has 5 nitrogen and oxygen atoms in total. The molecule has 7 heteroatoms. The highest BCUT2D eigenvalue weighted by Gasteiger charge is 2.28. The third-order valence-corrected chi connectivity index (χ3v) is 4.39. The van der Waals surface area contributed by atoms with Gasteiger partial charge in [-0.2, -0.15) is 0 Å². The number of hydrogen-bond donors (Lipinski definition) is 1. The van der Waals surface area contributed by atoms with Crippen molar-refractivity contribution in [3.05, 3.63) is 39.3 Å². The quantitative estimate of drug-likeness (QED) is 0.882. The van der Waals surface area contributed by atoms with Crippen molar-refractivity contribution in [3.63, 3.8) is 0 Å². The first-order valence-electron chi connectivity index (χ1n) is 6.21. The zero-order valence-corrected chi connectivity index (χ0v) is 12.3. The summed E-state index contributed by atoms with van der Waals surface area (Å²) in [5.74, 6) is -0.0683. The molecule has 1 aliphatic rings. The molecule has 0 spiro atoms. The second-order valence-electron chi connectivity index (χ2n) is 4.71. The second kappa shape index (κ2) is 5.10. The molecular weight excluding hydrogens is 298 g/mol. The Bertz CT molecular complexity index is 733. The number of H-pyrrole nitrogens is 1. The summed E-state index contributed by atoms with van der Waals surface area (Å²) in [6.45, 7) is 1.48. The van der Waals surface area contributed by atoms with Gasteiger partial charge in [-0.15, -0.1) is 5.10 Å². The van der Waals surface area contributed by atoms with Gasteiger partial charge in [0.25, 0.3) is 0 Å². The Morgan fingerprint density at radius 1 is 1.50 bits per heavy atom. The summed E-state index contributed by atoms with van der Waals surface area (Å²) in [5.41, 5.74) is 0.319. The van der Waals surface area contributed by atoms with Crippen LogP contribution in [0.3, 0.4) is 0 Å². The monoisotopic (exact) mass is 309 g/mol. The maximum absolute atomic E-state index is 11.7. The minimum atomic E-state index is -0.179. The van der Waals surface area contributed by atoms with Crippen molar-refractivity contribution in [3.8, 4) is 0 Å². The molecule has 1 fully saturated rings. The lowest BCUT2D eigenvalue weighted by molar-refractivity contribution is 0.101. The molecule has 1 heterocycles. The van der Waals surface area contributed by atoms with Crippen LogP contribution < -0.4 is 5.69 Å². The minimum Gasteiger partial charge on any atom is -0.294 e. The highest BCUT2D eigenvalue weighted by atomic mass is 35.5. The number of nitrogens with one attached hydrogen (secondary N) is 1. The summed E-state index contributed by atoms with van der Waals surface area (Å²) in [6.07, 6.45) is 2.02. The van der Waals surface area contributed by atoms with Gasteiger partial charge in [0.2, 0.25) is 0 Å². The minimum absolute atomic E-state index is 0.0683. The van der Waals surface area contributed by atoms with E-state index in [1.807, 2.05) is 6.07 Å². The molecule has 1 aromatic heterocycles. The van der Waals surface area contributed by atoms with E-state index in [4.69, 9.17) is 11.6 Å². The number of carbonyl (C=O) groups is 1. The number of halogens is 1. The summed E-state index contributed by atoms with van der Waals surface area (Å²) in [5, 5.41) is 7.55. The molecule has 1 N–H and O–H groups in total. The van der Waals surface area contributed by atoms with Crippen molar-refractivity contribution in [2.24, 2.45) is 0 Å². The summed E-state index contributed by atoms with van der Waals surface area (Å²) >= 11 is 7.44. The molecule has 1 aliphatic carbocycles. The molecule has 3 rings (SSSR count). The van der Waals surface area contributed by atoms with Crippen molar-refractivity contribution in [2.75, 3.05) is 0 Å². The van der Waals surface area contributed by atoms with Crippen LogP contribution >= 0.6 is 23.4 Å². The maximum atomic E-state index is 11.7. The van der Waals surface area contributed by atoms with E-state index in [0.29, 0.717) is 15.7 Å². The zero-order valence-electron chi connectivity index (χ0n) is 10.7. The van der Waals surface area contributed by atoms with Gasteiger partial charge in [-0.05, 0) is 49.7 Å². The number of rotatable bonds is 4. The summed E-state index contributed by atoms with van der Waals surface area (Å²) in [7, 11) is 0. The number of benzene rings is 1. The Morgan fingerprint density at radius 3 is 2.85 bits per heavy atom. The number of aromatic amines is 1. The first-order valence-corrected chi connectivity index (χ1v) is 7.41. The summed E-state index contributed by atoms with van der Waals surface area (Å²) < 4.78 is 1.68. The third kappa shape index (κ3) is 2.53. The molecule has 0 aliphatic heterocycles. The van der Waals surface area contributed by atoms with E-state index in [9.17, 15) is 9.59 Å². The number of hydrogen-bond acceptors (Lipinski definition) is 4. The largest absolute Gasteiger partial charge is 0.344 e. The first kappa shape index (κ1) is 13.5. The van der Waals surface area contributed by atoms with Gasteiger partial charge in [-0.3, -0.25) is 9.36 Å². The predicted molar refractivity (Wildman–Crippen MR) is 76.7 cm³/mol. The van der Waals surface area contributed by atoms with E-state index in [1.165, 1.54) is 18.7 Å². The SMILES string of the molecule is CC(=O)c1ccc(Sc2n[nH]c(=O)n2C2CC2)cc1Cl. The Morgan fingerprint density at radius 2 is 2.25 bits per heavy atom. The highest BCUT2D eigenvalue weighted by Crippen LogP contribution is 2.38. The van der Waals surface area contributed by atoms with Gasteiger partial charge in [-0.25, -0.2) is 9.89 Å². The van der Waals surface area contributed by atoms with E-state index in [2.05, 4.69) is 10.2 Å². The van der Waals surface area contributed by atoms with Gasteiger partial charge in [0.15, 0.2) is 10.9 Å². The van der Waals surface area contributed by atoms with Crippen LogP contribution in [-0.2, 0) is 0 Å². The lowest BCUT2D eigenvalue weighted by Gasteiger charge is -2.05. The van der Waals surface area contributed by atoms with Crippen molar-refractivity contribution >= 4 is 29.1 Å². The fourth-order valence-corrected chi connectivity index (χ4v) is 3.29. The molecule has 0 saturated heterocycles. The van der Waals surface area contributed by atoms with Crippen LogP contribution in [0, 0.1) is 0 Å². The highest BCUT2D eigenvalue weighted by molar-refractivity contribution is 7.99. The molecule has 20 heavy (non-hydrogen) atoms. The number of carbonyl (C=O) groups excluding carboxylic acids is 1. The van der Waals surface area contributed by atoms with Crippen molar-refractivity contribution in [1.29, 1.82) is 0 Å². The Hall–Kier alpha value is -1.53. The number of ketones is 1. The van der Waals surface area contributed by atoms with Crippen LogP contribution in [0.25, 0.3) is 0 Å². The van der Waals surface area contributed by atoms with Gasteiger partial charge >= 0.3 is 5.69 Å². The van der Waals surface area contributed by atoms with Gasteiger partial charge in [0, 0.05) is 16.5 Å². The number of aromatic nitrogens is 3. The molecule has 0 unspecified atom stereocenters. The zero-order chi connectivity index (χ0) is 14.3. The van der Waals surface area contributed by atoms with E-state index in [-0.39, 0.29) is 17.5 Å². The predicted octanol–water partition coefficient (Wildman–Crippen LogP) is 2.91. The third-order valence-electron chi connectivity index (χ3n) is 3.11. The molecule has 1 saturated carbocycles. The van der Waals surface area contributed by atoms with Crippen molar-refractivity contribution in [2.45, 2.75) is 35.9 Å². The molecule has 0 radical (unpaired) electrons. The molecule has 1 aromatic carbocycles. The lowest BCUT2D eigenvalue weighted by atomic mass is 10.1. The summed E-state index contributed by atoms with van der Waals surface area (Å²) in [4.78, 5) is 23.9. The normalized spacial score (nSPS) is 14.5. The Balaban J connectivity index is 1.90. The van der Waals surface area contributed by atoms with Crippen molar-refractivity contribution in [1.82, 2.24) is 14.8 Å². The fourth-order valence-electron chi connectivity index (χ4n) is 1.97. The average molecular weight is 310 g/mol. The van der Waals surface area contributed by atoms with Gasteiger partial charge in [-0.1, -0.05) is 11.6 Å². The van der Waals surface area contributed by atoms with E-state index in [1.54, 1.807) is 16.7 Å². The molecule has 104 valence electrons. The molecule has 0 amide bonds. The number of Topliss-reactive ketones (excluding diaryl/α,β-unsaturated/α-hetero) is 1. The molecule has 0 atom stereocenters. The van der Waals surface area contributed by atoms with Crippen molar-refractivity contribution < 1.29 is 4.79 Å². The molecule has 0 bridgehead atoms. The van der Waals surface area contributed by atoms with Crippen LogP contribution in [0.15, 0.2) is 33.0 Å². The van der Waals surface area contributed by atoms with Crippen LogP contribution in [0.4, 0.5) is 0 Å². The van der Waals surface area contributed by atoms with Crippen LogP contribution in [0.1, 0.15) is 36.2 Å². The van der Waals surface area contributed by atoms with E-state index < -0.39 is 0 Å². The smallest absolute Gasteiger partial charge is 0.294 e. The summed E-state index contributed by atoms with van der Waals surface area (Å²) in [6, 6.07) is 5.48. The second-order valence-corrected chi connectivity index (χ2v) is 6.16. The average Bonchev–Trinajstić information content (AvgIpc) is 3.15. The maximum Gasteiger partial charge on any atom is 0.344 e. The van der Waals surface area contributed by atoms with E-state index in [0.717, 1.165) is 17.7 Å². The van der Waals surface area contributed by atoms with Crippen LogP contribution in [-0.4, -0.2) is 20.5 Å². The van der Waals surface area contributed by atoms with Gasteiger partial charge in [0.05, 0.1) is 5.02 Å². The Kier molecular flexibility index (Phi) is 3.43. The Labute approximate surface area is 124 Å². The fraction of sp³-hybridized carbons (Fsp3) is 0.308. The first-order chi connectivity index (χ1) is 9.56.